The Morgan fingerprint density at radius 2 is 2.29 bits per heavy atom. The molecule has 5 heteroatoms. The molecule has 0 atom stereocenters. The quantitative estimate of drug-likeness (QED) is 0.855. The van der Waals surface area contributed by atoms with Crippen LogP contribution >= 0.6 is 27.3 Å². The van der Waals surface area contributed by atoms with Gasteiger partial charge >= 0.3 is 0 Å². The molecule has 92 valence electrons. The number of nitrogens with one attached hydrogen (secondary N) is 1. The molecular weight excluding hydrogens is 300 g/mol. The van der Waals surface area contributed by atoms with Crippen LogP contribution in [0.2, 0.25) is 0 Å². The van der Waals surface area contributed by atoms with Crippen LogP contribution in [0.25, 0.3) is 10.2 Å². The average molecular weight is 315 g/mol. The van der Waals surface area contributed by atoms with E-state index in [0.29, 0.717) is 6.61 Å². The molecule has 0 aliphatic rings. The van der Waals surface area contributed by atoms with Crippen LogP contribution in [0, 0.1) is 0 Å². The molecule has 0 amide bonds. The summed E-state index contributed by atoms with van der Waals surface area (Å²) in [6, 6.07) is 4.35. The lowest BCUT2D eigenvalue weighted by atomic mass is 10.2. The van der Waals surface area contributed by atoms with Crippen molar-refractivity contribution in [1.29, 1.82) is 0 Å². The summed E-state index contributed by atoms with van der Waals surface area (Å²) in [6.45, 7) is 3.64. The highest BCUT2D eigenvalue weighted by atomic mass is 79.9. The second kappa shape index (κ2) is 5.80. The fraction of sp³-hybridized carbons (Fsp3) is 0.417. The van der Waals surface area contributed by atoms with Gasteiger partial charge in [-0.05, 0) is 40.0 Å². The molecule has 0 saturated carbocycles. The third kappa shape index (κ3) is 2.97. The highest BCUT2D eigenvalue weighted by molar-refractivity contribution is 9.10. The molecular formula is C12H15BrN2OS. The maximum atomic E-state index is 5.00. The van der Waals surface area contributed by atoms with E-state index in [4.69, 9.17) is 4.74 Å². The molecule has 2 rings (SSSR count). The number of thiazole rings is 1. The molecule has 0 radical (unpaired) electrons. The molecule has 0 aliphatic carbocycles. The van der Waals surface area contributed by atoms with Crippen LogP contribution in [0.1, 0.15) is 12.5 Å². The van der Waals surface area contributed by atoms with Crippen LogP contribution in [-0.2, 0) is 11.2 Å². The first-order valence-electron chi connectivity index (χ1n) is 5.56. The lowest BCUT2D eigenvalue weighted by Gasteiger charge is -1.99. The number of hydrogen-bond donors (Lipinski definition) is 1. The van der Waals surface area contributed by atoms with Gasteiger partial charge in [-0.25, -0.2) is 4.98 Å². The Labute approximate surface area is 113 Å². The predicted molar refractivity (Wildman–Crippen MR) is 77.1 cm³/mol. The molecule has 1 heterocycles. The molecule has 2 aromatic rings. The first-order valence-corrected chi connectivity index (χ1v) is 7.17. The van der Waals surface area contributed by atoms with Crippen LogP contribution in [0.15, 0.2) is 16.6 Å². The monoisotopic (exact) mass is 314 g/mol. The zero-order valence-electron chi connectivity index (χ0n) is 9.92. The van der Waals surface area contributed by atoms with Gasteiger partial charge in [0, 0.05) is 18.1 Å². The number of fused-ring (bicyclic) bond motifs is 1. The minimum Gasteiger partial charge on any atom is -0.383 e. The SMILES string of the molecule is CCc1cc(Br)c2nc(NCCOC)sc2c1. The minimum absolute atomic E-state index is 0.692. The Morgan fingerprint density at radius 1 is 1.47 bits per heavy atom. The van der Waals surface area contributed by atoms with Crippen LogP contribution in [0.4, 0.5) is 5.13 Å². The summed E-state index contributed by atoms with van der Waals surface area (Å²) >= 11 is 5.26. The standard InChI is InChI=1S/C12H15BrN2OS/c1-3-8-6-9(13)11-10(7-8)17-12(15-11)14-4-5-16-2/h6-7H,3-5H2,1-2H3,(H,14,15). The second-order valence-corrected chi connectivity index (χ2v) is 5.60. The molecule has 0 aliphatic heterocycles. The van der Waals surface area contributed by atoms with Gasteiger partial charge in [0.15, 0.2) is 5.13 Å². The van der Waals surface area contributed by atoms with Crippen molar-refractivity contribution in [3.05, 3.63) is 22.2 Å². The Bertz CT molecular complexity index is 512. The number of rotatable bonds is 5. The summed E-state index contributed by atoms with van der Waals surface area (Å²) in [5.41, 5.74) is 2.36. The Kier molecular flexibility index (Phi) is 4.36. The third-order valence-corrected chi connectivity index (χ3v) is 4.06. The summed E-state index contributed by atoms with van der Waals surface area (Å²) in [4.78, 5) is 4.56. The zero-order valence-corrected chi connectivity index (χ0v) is 12.3. The van der Waals surface area contributed by atoms with Crippen LogP contribution in [-0.4, -0.2) is 25.2 Å². The molecule has 0 unspecified atom stereocenters. The topological polar surface area (TPSA) is 34.2 Å². The third-order valence-electron chi connectivity index (χ3n) is 2.50. The van der Waals surface area contributed by atoms with Crippen molar-refractivity contribution in [2.24, 2.45) is 0 Å². The molecule has 0 fully saturated rings. The summed E-state index contributed by atoms with van der Waals surface area (Å²) in [5.74, 6) is 0. The lowest BCUT2D eigenvalue weighted by Crippen LogP contribution is -2.06. The molecule has 1 aromatic heterocycles. The number of ether oxygens (including phenoxy) is 1. The van der Waals surface area contributed by atoms with Gasteiger partial charge in [-0.2, -0.15) is 0 Å². The first-order chi connectivity index (χ1) is 8.24. The van der Waals surface area contributed by atoms with Crippen molar-refractivity contribution in [1.82, 2.24) is 4.98 Å². The van der Waals surface area contributed by atoms with Gasteiger partial charge in [0.2, 0.25) is 0 Å². The molecule has 0 bridgehead atoms. The smallest absolute Gasteiger partial charge is 0.183 e. The van der Waals surface area contributed by atoms with Gasteiger partial charge in [0.05, 0.1) is 16.8 Å². The summed E-state index contributed by atoms with van der Waals surface area (Å²) in [7, 11) is 1.70. The van der Waals surface area contributed by atoms with Gasteiger partial charge in [-0.1, -0.05) is 18.3 Å². The van der Waals surface area contributed by atoms with Crippen molar-refractivity contribution in [3.8, 4) is 0 Å². The van der Waals surface area contributed by atoms with E-state index >= 15 is 0 Å². The number of methoxy groups -OCH3 is 1. The molecule has 17 heavy (non-hydrogen) atoms. The normalized spacial score (nSPS) is 11.0. The van der Waals surface area contributed by atoms with Gasteiger partial charge in [0.1, 0.15) is 0 Å². The lowest BCUT2D eigenvalue weighted by molar-refractivity contribution is 0.211. The molecule has 1 aromatic carbocycles. The number of aromatic nitrogens is 1. The van der Waals surface area contributed by atoms with E-state index in [1.807, 2.05) is 0 Å². The Balaban J connectivity index is 2.26. The zero-order chi connectivity index (χ0) is 12.3. The summed E-state index contributed by atoms with van der Waals surface area (Å²) in [6.07, 6.45) is 1.04. The van der Waals surface area contributed by atoms with E-state index in [9.17, 15) is 0 Å². The van der Waals surface area contributed by atoms with Gasteiger partial charge in [-0.15, -0.1) is 0 Å². The highest BCUT2D eigenvalue weighted by Gasteiger charge is 2.08. The largest absolute Gasteiger partial charge is 0.383 e. The molecule has 0 saturated heterocycles. The number of halogens is 1. The van der Waals surface area contributed by atoms with Crippen molar-refractivity contribution >= 4 is 42.6 Å². The Hall–Kier alpha value is -0.650. The molecule has 1 N–H and O–H groups in total. The number of nitrogens with zero attached hydrogens (tertiary/aromatic N) is 1. The van der Waals surface area contributed by atoms with E-state index < -0.39 is 0 Å². The van der Waals surface area contributed by atoms with E-state index in [1.54, 1.807) is 18.4 Å². The highest BCUT2D eigenvalue weighted by Crippen LogP contribution is 2.32. The van der Waals surface area contributed by atoms with Gasteiger partial charge < -0.3 is 10.1 Å². The van der Waals surface area contributed by atoms with E-state index in [2.05, 4.69) is 45.3 Å². The van der Waals surface area contributed by atoms with Gasteiger partial charge in [0.25, 0.3) is 0 Å². The van der Waals surface area contributed by atoms with E-state index in [-0.39, 0.29) is 0 Å². The maximum absolute atomic E-state index is 5.00. The number of anilines is 1. The fourth-order valence-corrected chi connectivity index (χ4v) is 3.29. The fourth-order valence-electron chi connectivity index (χ4n) is 1.58. The second-order valence-electron chi connectivity index (χ2n) is 3.72. The minimum atomic E-state index is 0.692. The average Bonchev–Trinajstić information content (AvgIpc) is 2.72. The first kappa shape index (κ1) is 12.8. The van der Waals surface area contributed by atoms with E-state index in [0.717, 1.165) is 28.1 Å². The van der Waals surface area contributed by atoms with Gasteiger partial charge in [-0.3, -0.25) is 0 Å². The van der Waals surface area contributed by atoms with Crippen LogP contribution in [0.3, 0.4) is 0 Å². The number of hydrogen-bond acceptors (Lipinski definition) is 4. The molecule has 0 spiro atoms. The predicted octanol–water partition coefficient (Wildman–Crippen LogP) is 3.68. The van der Waals surface area contributed by atoms with Crippen LogP contribution in [0.5, 0.6) is 0 Å². The van der Waals surface area contributed by atoms with Crippen molar-refractivity contribution in [3.63, 3.8) is 0 Å². The maximum Gasteiger partial charge on any atom is 0.183 e. The van der Waals surface area contributed by atoms with Crippen molar-refractivity contribution < 1.29 is 4.74 Å². The van der Waals surface area contributed by atoms with Crippen LogP contribution < -0.4 is 5.32 Å². The number of benzene rings is 1. The van der Waals surface area contributed by atoms with Crippen molar-refractivity contribution in [2.75, 3.05) is 25.6 Å². The summed E-state index contributed by atoms with van der Waals surface area (Å²) < 4.78 is 7.29. The van der Waals surface area contributed by atoms with E-state index in [1.165, 1.54) is 10.3 Å². The Morgan fingerprint density at radius 3 is 3.00 bits per heavy atom. The molecule has 3 nitrogen and oxygen atoms in total. The van der Waals surface area contributed by atoms with Crippen molar-refractivity contribution in [2.45, 2.75) is 13.3 Å². The summed E-state index contributed by atoms with van der Waals surface area (Å²) in [5, 5.41) is 4.21. The number of aryl methyl sites for hydroxylation is 1.